The molecule has 0 saturated heterocycles. The molecule has 3 aromatic rings. The molecule has 0 bridgehead atoms. The van der Waals surface area contributed by atoms with E-state index in [2.05, 4.69) is 4.98 Å². The van der Waals surface area contributed by atoms with Gasteiger partial charge in [-0.15, -0.1) is 11.3 Å². The van der Waals surface area contributed by atoms with Crippen molar-refractivity contribution in [3.05, 3.63) is 63.5 Å². The van der Waals surface area contributed by atoms with E-state index in [0.717, 1.165) is 33.1 Å². The van der Waals surface area contributed by atoms with Gasteiger partial charge in [0.15, 0.2) is 0 Å². The van der Waals surface area contributed by atoms with Gasteiger partial charge in [-0.05, 0) is 43.2 Å². The van der Waals surface area contributed by atoms with Crippen LogP contribution in [0.15, 0.2) is 47.8 Å². The Morgan fingerprint density at radius 3 is 2.57 bits per heavy atom. The maximum atomic E-state index is 12.2. The van der Waals surface area contributed by atoms with Crippen LogP contribution in [0, 0.1) is 10.1 Å². The summed E-state index contributed by atoms with van der Waals surface area (Å²) in [5.74, 6) is 0.0822. The largest absolute Gasteiger partial charge is 0.270 e. The van der Waals surface area contributed by atoms with Crippen molar-refractivity contribution in [1.29, 1.82) is 0 Å². The number of benzene rings is 2. The molecule has 1 aliphatic heterocycles. The average Bonchev–Trinajstić information content (AvgIpc) is 3.35. The average molecular weight is 415 g/mol. The molecular formula is C19H17N3O4S2. The van der Waals surface area contributed by atoms with Crippen LogP contribution in [0.2, 0.25) is 0 Å². The number of nitrogens with zero attached hydrogens (tertiary/aromatic N) is 3. The van der Waals surface area contributed by atoms with Crippen molar-refractivity contribution in [1.82, 2.24) is 4.98 Å². The molecule has 0 N–H and O–H groups in total. The normalized spacial score (nSPS) is 13.5. The number of nitro benzene ring substituents is 1. The highest BCUT2D eigenvalue weighted by Crippen LogP contribution is 2.35. The molecule has 0 fully saturated rings. The predicted molar refractivity (Wildman–Crippen MR) is 110 cm³/mol. The molecular weight excluding hydrogens is 398 g/mol. The van der Waals surface area contributed by atoms with Gasteiger partial charge in [0.05, 0.1) is 22.1 Å². The number of hydrogen-bond donors (Lipinski definition) is 0. The van der Waals surface area contributed by atoms with Gasteiger partial charge in [0.1, 0.15) is 5.01 Å². The highest BCUT2D eigenvalue weighted by molar-refractivity contribution is 7.92. The zero-order valence-electron chi connectivity index (χ0n) is 15.0. The van der Waals surface area contributed by atoms with E-state index in [4.69, 9.17) is 0 Å². The lowest BCUT2D eigenvalue weighted by Gasteiger charge is -2.18. The molecule has 0 amide bonds. The van der Waals surface area contributed by atoms with Gasteiger partial charge in [0.25, 0.3) is 5.69 Å². The molecule has 0 aliphatic carbocycles. The first-order valence-corrected chi connectivity index (χ1v) is 11.2. The monoisotopic (exact) mass is 415 g/mol. The third kappa shape index (κ3) is 3.27. The van der Waals surface area contributed by atoms with Gasteiger partial charge in [-0.25, -0.2) is 13.4 Å². The predicted octanol–water partition coefficient (Wildman–Crippen LogP) is 4.10. The van der Waals surface area contributed by atoms with E-state index in [0.29, 0.717) is 13.0 Å². The summed E-state index contributed by atoms with van der Waals surface area (Å²) in [5.41, 5.74) is 4.35. The van der Waals surface area contributed by atoms with E-state index >= 15 is 0 Å². The number of non-ortho nitro benzene ring substituents is 1. The summed E-state index contributed by atoms with van der Waals surface area (Å²) in [7, 11) is -3.26. The quantitative estimate of drug-likeness (QED) is 0.462. The lowest BCUT2D eigenvalue weighted by Crippen LogP contribution is -2.30. The molecule has 0 atom stereocenters. The fourth-order valence-electron chi connectivity index (χ4n) is 3.24. The number of nitro groups is 1. The molecule has 0 radical (unpaired) electrons. The molecule has 2 aromatic carbocycles. The summed E-state index contributed by atoms with van der Waals surface area (Å²) < 4.78 is 25.9. The van der Waals surface area contributed by atoms with Gasteiger partial charge in [0.2, 0.25) is 10.0 Å². The van der Waals surface area contributed by atoms with Crippen molar-refractivity contribution in [2.45, 2.75) is 13.3 Å². The summed E-state index contributed by atoms with van der Waals surface area (Å²) >= 11 is 1.47. The summed E-state index contributed by atoms with van der Waals surface area (Å²) in [4.78, 5) is 15.0. The van der Waals surface area contributed by atoms with Gasteiger partial charge in [0, 0.05) is 35.2 Å². The smallest absolute Gasteiger partial charge is 0.269 e. The number of aromatic nitrogens is 1. The summed E-state index contributed by atoms with van der Waals surface area (Å²) in [6.45, 7) is 2.12. The van der Waals surface area contributed by atoms with Gasteiger partial charge in [-0.1, -0.05) is 6.07 Å². The van der Waals surface area contributed by atoms with Gasteiger partial charge >= 0.3 is 0 Å². The lowest BCUT2D eigenvalue weighted by molar-refractivity contribution is -0.384. The first-order chi connectivity index (χ1) is 13.4. The van der Waals surface area contributed by atoms with Crippen LogP contribution in [0.3, 0.4) is 0 Å². The SMILES string of the molecule is CCS(=O)(=O)N1CCc2cc(-c3csc(-c4ccc([N+](=O)[O-])cc4)n3)ccc21. The zero-order chi connectivity index (χ0) is 19.9. The second kappa shape index (κ2) is 6.99. The molecule has 4 rings (SSSR count). The highest BCUT2D eigenvalue weighted by atomic mass is 32.2. The molecule has 9 heteroatoms. The molecule has 0 unspecified atom stereocenters. The molecule has 2 heterocycles. The van der Waals surface area contributed by atoms with Crippen LogP contribution >= 0.6 is 11.3 Å². The Morgan fingerprint density at radius 1 is 1.18 bits per heavy atom. The van der Waals surface area contributed by atoms with Crippen molar-refractivity contribution >= 4 is 32.7 Å². The highest BCUT2D eigenvalue weighted by Gasteiger charge is 2.28. The first-order valence-electron chi connectivity index (χ1n) is 8.73. The summed E-state index contributed by atoms with van der Waals surface area (Å²) in [5, 5.41) is 13.5. The lowest BCUT2D eigenvalue weighted by atomic mass is 10.1. The van der Waals surface area contributed by atoms with E-state index in [1.165, 1.54) is 27.8 Å². The first kappa shape index (κ1) is 18.6. The van der Waals surface area contributed by atoms with E-state index < -0.39 is 14.9 Å². The summed E-state index contributed by atoms with van der Waals surface area (Å²) in [6, 6.07) is 12.0. The van der Waals surface area contributed by atoms with Crippen molar-refractivity contribution < 1.29 is 13.3 Å². The van der Waals surface area contributed by atoms with Crippen molar-refractivity contribution in [3.8, 4) is 21.8 Å². The number of thiazole rings is 1. The van der Waals surface area contributed by atoms with E-state index in [1.54, 1.807) is 19.1 Å². The number of fused-ring (bicyclic) bond motifs is 1. The molecule has 144 valence electrons. The topological polar surface area (TPSA) is 93.4 Å². The van der Waals surface area contributed by atoms with Crippen LogP contribution < -0.4 is 4.31 Å². The Balaban J connectivity index is 1.62. The van der Waals surface area contributed by atoms with E-state index in [1.807, 2.05) is 23.6 Å². The maximum absolute atomic E-state index is 12.2. The standard InChI is InChI=1S/C19H17N3O4S2/c1-2-28(25,26)21-10-9-15-11-14(5-8-18(15)21)17-12-27-19(20-17)13-3-6-16(7-4-13)22(23)24/h3-8,11-12H,2,9-10H2,1H3. The minimum absolute atomic E-state index is 0.0470. The Hall–Kier alpha value is -2.78. The molecule has 1 aromatic heterocycles. The Kier molecular flexibility index (Phi) is 4.64. The van der Waals surface area contributed by atoms with Crippen molar-refractivity contribution in [3.63, 3.8) is 0 Å². The van der Waals surface area contributed by atoms with Crippen LogP contribution in [0.1, 0.15) is 12.5 Å². The van der Waals surface area contributed by atoms with Crippen LogP contribution in [-0.4, -0.2) is 30.6 Å². The number of anilines is 1. The number of sulfonamides is 1. The van der Waals surface area contributed by atoms with Gasteiger partial charge in [-0.2, -0.15) is 0 Å². The van der Waals surface area contributed by atoms with Gasteiger partial charge < -0.3 is 0 Å². The molecule has 0 spiro atoms. The Morgan fingerprint density at radius 2 is 1.89 bits per heavy atom. The Labute approximate surface area is 166 Å². The number of hydrogen-bond acceptors (Lipinski definition) is 6. The number of rotatable bonds is 5. The molecule has 7 nitrogen and oxygen atoms in total. The summed E-state index contributed by atoms with van der Waals surface area (Å²) in [6.07, 6.45) is 0.682. The fraction of sp³-hybridized carbons (Fsp3) is 0.211. The fourth-order valence-corrected chi connectivity index (χ4v) is 5.23. The van der Waals surface area contributed by atoms with E-state index in [9.17, 15) is 18.5 Å². The molecule has 0 saturated carbocycles. The Bertz CT molecular complexity index is 1150. The van der Waals surface area contributed by atoms with Crippen LogP contribution in [0.4, 0.5) is 11.4 Å². The second-order valence-electron chi connectivity index (χ2n) is 6.41. The molecule has 1 aliphatic rings. The van der Waals surface area contributed by atoms with Crippen molar-refractivity contribution in [2.24, 2.45) is 0 Å². The third-order valence-corrected chi connectivity index (χ3v) is 7.43. The minimum atomic E-state index is -3.26. The maximum Gasteiger partial charge on any atom is 0.269 e. The van der Waals surface area contributed by atoms with Crippen LogP contribution in [-0.2, 0) is 16.4 Å². The van der Waals surface area contributed by atoms with Gasteiger partial charge in [-0.3, -0.25) is 14.4 Å². The molecule has 28 heavy (non-hydrogen) atoms. The van der Waals surface area contributed by atoms with Crippen LogP contribution in [0.25, 0.3) is 21.8 Å². The van der Waals surface area contributed by atoms with Crippen molar-refractivity contribution in [2.75, 3.05) is 16.6 Å². The minimum Gasteiger partial charge on any atom is -0.270 e. The third-order valence-electron chi connectivity index (χ3n) is 4.76. The van der Waals surface area contributed by atoms with Crippen LogP contribution in [0.5, 0.6) is 0 Å². The zero-order valence-corrected chi connectivity index (χ0v) is 16.7. The second-order valence-corrected chi connectivity index (χ2v) is 9.45. The van der Waals surface area contributed by atoms with E-state index in [-0.39, 0.29) is 11.4 Å².